The second-order valence-electron chi connectivity index (χ2n) is 4.56. The number of carboxylic acid groups (broad SMARTS) is 2. The standard InChI is InChI=1S/C14H10BrNO5S2/c15-8-3-1-2-7(4-8)5-10-12(19)16(14(22)23-10)9(13(20)21)6-11(17)18/h1-5,9H,6H2,(H,17,18)(H,20,21)/b10-5-. The number of amides is 1. The highest BCUT2D eigenvalue weighted by Gasteiger charge is 2.41. The third-order valence-electron chi connectivity index (χ3n) is 2.93. The van der Waals surface area contributed by atoms with Gasteiger partial charge in [0.15, 0.2) is 0 Å². The molecule has 0 spiro atoms. The van der Waals surface area contributed by atoms with E-state index in [0.717, 1.165) is 26.7 Å². The van der Waals surface area contributed by atoms with Gasteiger partial charge in [0.05, 0.1) is 11.3 Å². The van der Waals surface area contributed by atoms with Gasteiger partial charge in [-0.15, -0.1) is 0 Å². The average molecular weight is 416 g/mol. The van der Waals surface area contributed by atoms with Crippen LogP contribution in [0.25, 0.3) is 6.08 Å². The SMILES string of the molecule is O=C(O)CC(C(=O)O)N1C(=O)/C(=C/c2cccc(Br)c2)SC1=S. The number of carbonyl (C=O) groups excluding carboxylic acids is 1. The van der Waals surface area contributed by atoms with E-state index in [2.05, 4.69) is 15.9 Å². The monoisotopic (exact) mass is 415 g/mol. The van der Waals surface area contributed by atoms with E-state index in [0.29, 0.717) is 0 Å². The quantitative estimate of drug-likeness (QED) is 0.563. The number of thioether (sulfide) groups is 1. The summed E-state index contributed by atoms with van der Waals surface area (Å²) in [5.41, 5.74) is 0.741. The molecule has 23 heavy (non-hydrogen) atoms. The molecule has 1 amide bonds. The maximum absolute atomic E-state index is 12.4. The fourth-order valence-corrected chi connectivity index (χ4v) is 3.72. The van der Waals surface area contributed by atoms with Gasteiger partial charge in [0.2, 0.25) is 0 Å². The Labute approximate surface area is 149 Å². The molecule has 1 atom stereocenters. The van der Waals surface area contributed by atoms with Gasteiger partial charge in [0.25, 0.3) is 5.91 Å². The predicted molar refractivity (Wildman–Crippen MR) is 92.8 cm³/mol. The predicted octanol–water partition coefficient (Wildman–Crippen LogP) is 2.58. The molecule has 1 saturated heterocycles. The molecule has 9 heteroatoms. The molecule has 2 rings (SSSR count). The van der Waals surface area contributed by atoms with Crippen LogP contribution in [0.5, 0.6) is 0 Å². The van der Waals surface area contributed by atoms with Crippen LogP contribution in [0, 0.1) is 0 Å². The van der Waals surface area contributed by atoms with Crippen LogP contribution in [-0.4, -0.2) is 43.3 Å². The molecule has 1 unspecified atom stereocenters. The van der Waals surface area contributed by atoms with Crippen molar-refractivity contribution in [3.63, 3.8) is 0 Å². The molecule has 0 aliphatic carbocycles. The molecule has 1 aromatic rings. The first kappa shape index (κ1) is 17.6. The summed E-state index contributed by atoms with van der Waals surface area (Å²) in [5, 5.41) is 18.0. The average Bonchev–Trinajstić information content (AvgIpc) is 2.71. The van der Waals surface area contributed by atoms with Crippen molar-refractivity contribution in [2.24, 2.45) is 0 Å². The van der Waals surface area contributed by atoms with E-state index in [4.69, 9.17) is 17.3 Å². The zero-order valence-electron chi connectivity index (χ0n) is 11.4. The first-order chi connectivity index (χ1) is 10.8. The Bertz CT molecular complexity index is 734. The molecule has 1 aromatic carbocycles. The Balaban J connectivity index is 2.32. The topological polar surface area (TPSA) is 94.9 Å². The molecule has 0 bridgehead atoms. The van der Waals surface area contributed by atoms with E-state index in [9.17, 15) is 19.5 Å². The third kappa shape index (κ3) is 4.18. The van der Waals surface area contributed by atoms with Gasteiger partial charge >= 0.3 is 11.9 Å². The summed E-state index contributed by atoms with van der Waals surface area (Å²) < 4.78 is 0.862. The number of thiocarbonyl (C=S) groups is 1. The first-order valence-electron chi connectivity index (χ1n) is 6.27. The fraction of sp³-hybridized carbons (Fsp3) is 0.143. The molecule has 0 saturated carbocycles. The molecule has 120 valence electrons. The summed E-state index contributed by atoms with van der Waals surface area (Å²) in [5.74, 6) is -3.33. The number of halogens is 1. The van der Waals surface area contributed by atoms with Crippen LogP contribution in [-0.2, 0) is 14.4 Å². The largest absolute Gasteiger partial charge is 0.481 e. The number of aliphatic carboxylic acids is 2. The molecule has 6 nitrogen and oxygen atoms in total. The van der Waals surface area contributed by atoms with Crippen molar-refractivity contribution in [1.29, 1.82) is 0 Å². The number of carbonyl (C=O) groups is 3. The van der Waals surface area contributed by atoms with Crippen LogP contribution in [0.2, 0.25) is 0 Å². The lowest BCUT2D eigenvalue weighted by molar-refractivity contribution is -0.150. The molecule has 0 aromatic heterocycles. The maximum atomic E-state index is 12.4. The summed E-state index contributed by atoms with van der Waals surface area (Å²) >= 11 is 9.32. The summed E-state index contributed by atoms with van der Waals surface area (Å²) in [6.45, 7) is 0. The van der Waals surface area contributed by atoms with Crippen molar-refractivity contribution in [1.82, 2.24) is 4.90 Å². The van der Waals surface area contributed by atoms with Gasteiger partial charge in [0.1, 0.15) is 10.4 Å². The van der Waals surface area contributed by atoms with Gasteiger partial charge in [-0.05, 0) is 23.8 Å². The molecular weight excluding hydrogens is 406 g/mol. The molecular formula is C14H10BrNO5S2. The molecule has 0 radical (unpaired) electrons. The number of carboxylic acids is 2. The maximum Gasteiger partial charge on any atom is 0.327 e. The van der Waals surface area contributed by atoms with Crippen LogP contribution in [0.1, 0.15) is 12.0 Å². The van der Waals surface area contributed by atoms with Gasteiger partial charge in [-0.2, -0.15) is 0 Å². The van der Waals surface area contributed by atoms with Crippen molar-refractivity contribution < 1.29 is 24.6 Å². The zero-order valence-corrected chi connectivity index (χ0v) is 14.7. The number of rotatable bonds is 5. The number of hydrogen-bond acceptors (Lipinski definition) is 5. The first-order valence-corrected chi connectivity index (χ1v) is 8.28. The number of benzene rings is 1. The van der Waals surface area contributed by atoms with Crippen LogP contribution in [0.3, 0.4) is 0 Å². The van der Waals surface area contributed by atoms with Gasteiger partial charge in [-0.1, -0.05) is 52.0 Å². The second-order valence-corrected chi connectivity index (χ2v) is 7.15. The molecule has 1 aliphatic rings. The van der Waals surface area contributed by atoms with Gasteiger partial charge in [-0.25, -0.2) is 4.79 Å². The lowest BCUT2D eigenvalue weighted by atomic mass is 10.1. The van der Waals surface area contributed by atoms with E-state index in [1.807, 2.05) is 6.07 Å². The van der Waals surface area contributed by atoms with Crippen molar-refractivity contribution in [3.05, 3.63) is 39.2 Å². The van der Waals surface area contributed by atoms with Gasteiger partial charge in [0, 0.05) is 4.47 Å². The van der Waals surface area contributed by atoms with E-state index >= 15 is 0 Å². The van der Waals surface area contributed by atoms with E-state index < -0.39 is 30.3 Å². The fourth-order valence-electron chi connectivity index (χ4n) is 1.95. The van der Waals surface area contributed by atoms with E-state index in [-0.39, 0.29) is 9.23 Å². The van der Waals surface area contributed by atoms with Gasteiger partial charge < -0.3 is 10.2 Å². The normalized spacial score (nSPS) is 17.6. The Morgan fingerprint density at radius 1 is 1.39 bits per heavy atom. The Kier molecular flexibility index (Phi) is 5.55. The smallest absolute Gasteiger partial charge is 0.327 e. The summed E-state index contributed by atoms with van der Waals surface area (Å²) in [6.07, 6.45) is 0.871. The summed E-state index contributed by atoms with van der Waals surface area (Å²) in [6, 6.07) is 5.67. The number of hydrogen-bond donors (Lipinski definition) is 2. The number of nitrogens with zero attached hydrogens (tertiary/aromatic N) is 1. The lowest BCUT2D eigenvalue weighted by Crippen LogP contribution is -2.45. The zero-order chi connectivity index (χ0) is 17.1. The highest BCUT2D eigenvalue weighted by atomic mass is 79.9. The Hall–Kier alpha value is -1.71. The minimum absolute atomic E-state index is 0.0323. The minimum Gasteiger partial charge on any atom is -0.481 e. The minimum atomic E-state index is -1.52. The van der Waals surface area contributed by atoms with Crippen LogP contribution >= 0.6 is 39.9 Å². The van der Waals surface area contributed by atoms with Crippen molar-refractivity contribution in [2.75, 3.05) is 0 Å². The van der Waals surface area contributed by atoms with Crippen molar-refractivity contribution >= 4 is 68.2 Å². The van der Waals surface area contributed by atoms with Crippen LogP contribution < -0.4 is 0 Å². The highest BCUT2D eigenvalue weighted by Crippen LogP contribution is 2.34. The van der Waals surface area contributed by atoms with Crippen molar-refractivity contribution in [3.8, 4) is 0 Å². The van der Waals surface area contributed by atoms with Crippen LogP contribution in [0.4, 0.5) is 0 Å². The summed E-state index contributed by atoms with van der Waals surface area (Å²) in [7, 11) is 0. The van der Waals surface area contributed by atoms with E-state index in [1.165, 1.54) is 0 Å². The Morgan fingerprint density at radius 3 is 2.65 bits per heavy atom. The van der Waals surface area contributed by atoms with Crippen molar-refractivity contribution in [2.45, 2.75) is 12.5 Å². The molecule has 1 heterocycles. The van der Waals surface area contributed by atoms with Crippen LogP contribution in [0.15, 0.2) is 33.6 Å². The Morgan fingerprint density at radius 2 is 2.09 bits per heavy atom. The van der Waals surface area contributed by atoms with Gasteiger partial charge in [-0.3, -0.25) is 14.5 Å². The third-order valence-corrected chi connectivity index (χ3v) is 4.76. The molecule has 1 fully saturated rings. The van der Waals surface area contributed by atoms with E-state index in [1.54, 1.807) is 24.3 Å². The molecule has 2 N–H and O–H groups in total. The molecule has 1 aliphatic heterocycles. The second kappa shape index (κ2) is 7.24. The summed E-state index contributed by atoms with van der Waals surface area (Å²) in [4.78, 5) is 35.6. The highest BCUT2D eigenvalue weighted by molar-refractivity contribution is 9.10. The lowest BCUT2D eigenvalue weighted by Gasteiger charge is -2.21.